The Bertz CT molecular complexity index is 1020. The standard InChI is InChI=1S/C18H13FN4OS/c19-14-6-2-1-5-12(14)9-20-17(24)13-10-21-23(11-13)18-22-15-7-3-4-8-16(15)25-18/h1-8,10-11H,9H2,(H,20,24). The normalized spacial score (nSPS) is 10.9. The Morgan fingerprint density at radius 1 is 1.16 bits per heavy atom. The van der Waals surface area contributed by atoms with Gasteiger partial charge >= 0.3 is 0 Å². The first-order chi connectivity index (χ1) is 12.2. The fourth-order valence-corrected chi connectivity index (χ4v) is 3.32. The summed E-state index contributed by atoms with van der Waals surface area (Å²) in [4.78, 5) is 16.7. The zero-order chi connectivity index (χ0) is 17.2. The maximum absolute atomic E-state index is 13.6. The number of halogens is 1. The van der Waals surface area contributed by atoms with E-state index in [9.17, 15) is 9.18 Å². The van der Waals surface area contributed by atoms with Gasteiger partial charge < -0.3 is 5.32 Å². The van der Waals surface area contributed by atoms with Crippen molar-refractivity contribution in [1.82, 2.24) is 20.1 Å². The van der Waals surface area contributed by atoms with Crippen molar-refractivity contribution in [2.75, 3.05) is 0 Å². The highest BCUT2D eigenvalue weighted by Gasteiger charge is 2.12. The van der Waals surface area contributed by atoms with Gasteiger partial charge in [0.15, 0.2) is 0 Å². The molecule has 0 unspecified atom stereocenters. The molecule has 0 fully saturated rings. The maximum Gasteiger partial charge on any atom is 0.254 e. The minimum Gasteiger partial charge on any atom is -0.348 e. The number of nitrogens with zero attached hydrogens (tertiary/aromatic N) is 3. The number of carbonyl (C=O) groups is 1. The summed E-state index contributed by atoms with van der Waals surface area (Å²) in [6.45, 7) is 0.123. The number of nitrogens with one attached hydrogen (secondary N) is 1. The molecule has 1 amide bonds. The van der Waals surface area contributed by atoms with E-state index in [-0.39, 0.29) is 18.3 Å². The molecule has 0 atom stereocenters. The zero-order valence-corrected chi connectivity index (χ0v) is 13.8. The van der Waals surface area contributed by atoms with Crippen LogP contribution in [-0.4, -0.2) is 20.7 Å². The number of hydrogen-bond donors (Lipinski definition) is 1. The summed E-state index contributed by atoms with van der Waals surface area (Å²) >= 11 is 1.50. The number of benzene rings is 2. The summed E-state index contributed by atoms with van der Waals surface area (Å²) in [7, 11) is 0. The van der Waals surface area contributed by atoms with Gasteiger partial charge in [0.2, 0.25) is 5.13 Å². The van der Waals surface area contributed by atoms with Crippen LogP contribution in [-0.2, 0) is 6.54 Å². The van der Waals surface area contributed by atoms with Crippen molar-refractivity contribution in [3.63, 3.8) is 0 Å². The van der Waals surface area contributed by atoms with Crippen molar-refractivity contribution in [1.29, 1.82) is 0 Å². The van der Waals surface area contributed by atoms with Gasteiger partial charge in [0.05, 0.1) is 22.0 Å². The van der Waals surface area contributed by atoms with Gasteiger partial charge in [0, 0.05) is 18.3 Å². The lowest BCUT2D eigenvalue weighted by molar-refractivity contribution is 0.0950. The summed E-state index contributed by atoms with van der Waals surface area (Å²) in [5.41, 5.74) is 1.73. The number of carbonyl (C=O) groups excluding carboxylic acids is 1. The quantitative estimate of drug-likeness (QED) is 0.611. The number of hydrogen-bond acceptors (Lipinski definition) is 4. The van der Waals surface area contributed by atoms with Crippen LogP contribution >= 0.6 is 11.3 Å². The van der Waals surface area contributed by atoms with E-state index in [1.54, 1.807) is 29.1 Å². The highest BCUT2D eigenvalue weighted by atomic mass is 32.1. The predicted octanol–water partition coefficient (Wildman–Crippen LogP) is 3.55. The lowest BCUT2D eigenvalue weighted by Crippen LogP contribution is -2.22. The zero-order valence-electron chi connectivity index (χ0n) is 13.0. The van der Waals surface area contributed by atoms with E-state index in [1.165, 1.54) is 23.6 Å². The van der Waals surface area contributed by atoms with Gasteiger partial charge in [0.25, 0.3) is 5.91 Å². The number of para-hydroxylation sites is 1. The first-order valence-electron chi connectivity index (χ1n) is 7.63. The van der Waals surface area contributed by atoms with Crippen molar-refractivity contribution in [3.8, 4) is 5.13 Å². The highest BCUT2D eigenvalue weighted by molar-refractivity contribution is 7.20. The number of amides is 1. The van der Waals surface area contributed by atoms with Gasteiger partial charge in [0.1, 0.15) is 5.82 Å². The molecule has 0 radical (unpaired) electrons. The Kier molecular flexibility index (Phi) is 3.99. The highest BCUT2D eigenvalue weighted by Crippen LogP contribution is 2.24. The first kappa shape index (κ1) is 15.5. The summed E-state index contributed by atoms with van der Waals surface area (Å²) in [5.74, 6) is -0.649. The molecule has 4 rings (SSSR count). The Morgan fingerprint density at radius 2 is 1.96 bits per heavy atom. The Balaban J connectivity index is 1.50. The fraction of sp³-hybridized carbons (Fsp3) is 0.0556. The Morgan fingerprint density at radius 3 is 2.80 bits per heavy atom. The second-order valence-electron chi connectivity index (χ2n) is 5.41. The van der Waals surface area contributed by atoms with Crippen LogP contribution in [0.5, 0.6) is 0 Å². The smallest absolute Gasteiger partial charge is 0.254 e. The molecule has 0 aliphatic heterocycles. The van der Waals surface area contributed by atoms with Gasteiger partial charge in [-0.25, -0.2) is 14.1 Å². The molecule has 0 spiro atoms. The van der Waals surface area contributed by atoms with Crippen LogP contribution in [0.3, 0.4) is 0 Å². The van der Waals surface area contributed by atoms with E-state index in [1.807, 2.05) is 24.3 Å². The lowest BCUT2D eigenvalue weighted by atomic mass is 10.2. The molecule has 2 aromatic carbocycles. The van der Waals surface area contributed by atoms with Crippen LogP contribution in [0.15, 0.2) is 60.9 Å². The molecular formula is C18H13FN4OS. The molecule has 2 aromatic heterocycles. The molecule has 124 valence electrons. The Hall–Kier alpha value is -3.06. The van der Waals surface area contributed by atoms with Crippen LogP contribution in [0.4, 0.5) is 4.39 Å². The van der Waals surface area contributed by atoms with Crippen LogP contribution in [0.1, 0.15) is 15.9 Å². The molecule has 2 heterocycles. The van der Waals surface area contributed by atoms with Gasteiger partial charge in [-0.1, -0.05) is 41.7 Å². The van der Waals surface area contributed by atoms with Crippen LogP contribution < -0.4 is 5.32 Å². The lowest BCUT2D eigenvalue weighted by Gasteiger charge is -2.04. The summed E-state index contributed by atoms with van der Waals surface area (Å²) in [6, 6.07) is 14.2. The number of fused-ring (bicyclic) bond motifs is 1. The molecule has 4 aromatic rings. The van der Waals surface area contributed by atoms with Crippen LogP contribution in [0, 0.1) is 5.82 Å². The minimum absolute atomic E-state index is 0.123. The second-order valence-corrected chi connectivity index (χ2v) is 6.42. The van der Waals surface area contributed by atoms with E-state index in [2.05, 4.69) is 15.4 Å². The average molecular weight is 352 g/mol. The van der Waals surface area contributed by atoms with Crippen molar-refractivity contribution in [3.05, 3.63) is 77.9 Å². The fourth-order valence-electron chi connectivity index (χ4n) is 2.42. The van der Waals surface area contributed by atoms with Crippen molar-refractivity contribution < 1.29 is 9.18 Å². The van der Waals surface area contributed by atoms with Crippen molar-refractivity contribution in [2.24, 2.45) is 0 Å². The first-order valence-corrected chi connectivity index (χ1v) is 8.44. The molecule has 0 aliphatic rings. The van der Waals surface area contributed by atoms with E-state index in [0.717, 1.165) is 10.2 Å². The minimum atomic E-state index is -0.340. The number of thiazole rings is 1. The maximum atomic E-state index is 13.6. The summed E-state index contributed by atoms with van der Waals surface area (Å²) in [6.07, 6.45) is 3.09. The van der Waals surface area contributed by atoms with E-state index < -0.39 is 0 Å². The molecule has 0 bridgehead atoms. The molecule has 0 saturated heterocycles. The molecule has 7 heteroatoms. The predicted molar refractivity (Wildman–Crippen MR) is 94.3 cm³/mol. The largest absolute Gasteiger partial charge is 0.348 e. The third kappa shape index (κ3) is 3.14. The van der Waals surface area contributed by atoms with Crippen LogP contribution in [0.2, 0.25) is 0 Å². The molecule has 1 N–H and O–H groups in total. The van der Waals surface area contributed by atoms with Gasteiger partial charge in [-0.2, -0.15) is 5.10 Å². The monoisotopic (exact) mass is 352 g/mol. The van der Waals surface area contributed by atoms with Gasteiger partial charge in [-0.05, 0) is 18.2 Å². The Labute approximate surface area is 146 Å². The second kappa shape index (κ2) is 6.45. The topological polar surface area (TPSA) is 59.8 Å². The van der Waals surface area contributed by atoms with Crippen molar-refractivity contribution >= 4 is 27.5 Å². The van der Waals surface area contributed by atoms with Crippen molar-refractivity contribution in [2.45, 2.75) is 6.54 Å². The molecule has 5 nitrogen and oxygen atoms in total. The average Bonchev–Trinajstić information content (AvgIpc) is 3.27. The van der Waals surface area contributed by atoms with E-state index in [0.29, 0.717) is 16.3 Å². The molecular weight excluding hydrogens is 339 g/mol. The molecule has 0 aliphatic carbocycles. The molecule has 0 saturated carbocycles. The number of aromatic nitrogens is 3. The van der Waals surface area contributed by atoms with E-state index in [4.69, 9.17) is 0 Å². The summed E-state index contributed by atoms with van der Waals surface area (Å²) < 4.78 is 16.2. The SMILES string of the molecule is O=C(NCc1ccccc1F)c1cnn(-c2nc3ccccc3s2)c1. The number of rotatable bonds is 4. The van der Waals surface area contributed by atoms with Gasteiger partial charge in [-0.3, -0.25) is 4.79 Å². The summed E-state index contributed by atoms with van der Waals surface area (Å²) in [5, 5.41) is 7.59. The molecule has 25 heavy (non-hydrogen) atoms. The van der Waals surface area contributed by atoms with Crippen LogP contribution in [0.25, 0.3) is 15.3 Å². The van der Waals surface area contributed by atoms with Gasteiger partial charge in [-0.15, -0.1) is 0 Å². The third-order valence-corrected chi connectivity index (χ3v) is 4.75. The van der Waals surface area contributed by atoms with E-state index >= 15 is 0 Å². The third-order valence-electron chi connectivity index (χ3n) is 3.72.